The molecule has 1 amide bonds. The Morgan fingerprint density at radius 1 is 1.15 bits per heavy atom. The van der Waals surface area contributed by atoms with E-state index in [1.165, 1.54) is 6.92 Å². The Kier molecular flexibility index (Phi) is 6.98. The van der Waals surface area contributed by atoms with E-state index in [1.807, 2.05) is 0 Å². The van der Waals surface area contributed by atoms with Crippen LogP contribution in [0.25, 0.3) is 0 Å². The average molecular weight is 319 g/mol. The minimum absolute atomic E-state index is 0.0597. The highest BCUT2D eigenvalue weighted by molar-refractivity contribution is 7.88. The van der Waals surface area contributed by atoms with Crippen LogP contribution in [0.2, 0.25) is 5.02 Å². The molecule has 0 spiro atoms. The summed E-state index contributed by atoms with van der Waals surface area (Å²) in [7, 11) is -3.33. The molecule has 20 heavy (non-hydrogen) atoms. The molecule has 0 saturated carbocycles. The molecular formula is C13H19ClN2O3S. The summed E-state index contributed by atoms with van der Waals surface area (Å²) < 4.78 is 26.2. The zero-order chi connectivity index (χ0) is 15.0. The summed E-state index contributed by atoms with van der Waals surface area (Å²) in [5.74, 6) is -0.135. The molecule has 1 aromatic carbocycles. The van der Waals surface area contributed by atoms with Crippen molar-refractivity contribution in [2.75, 3.05) is 13.1 Å². The molecule has 0 heterocycles. The van der Waals surface area contributed by atoms with Crippen molar-refractivity contribution >= 4 is 27.5 Å². The van der Waals surface area contributed by atoms with Gasteiger partial charge in [0.2, 0.25) is 15.9 Å². The molecule has 5 nitrogen and oxygen atoms in total. The van der Waals surface area contributed by atoms with Crippen molar-refractivity contribution in [1.29, 1.82) is 0 Å². The number of nitrogens with one attached hydrogen (secondary N) is 2. The second-order valence-electron chi connectivity index (χ2n) is 4.47. The van der Waals surface area contributed by atoms with Crippen LogP contribution in [0, 0.1) is 0 Å². The van der Waals surface area contributed by atoms with Crippen LogP contribution in [0.4, 0.5) is 0 Å². The Morgan fingerprint density at radius 3 is 2.35 bits per heavy atom. The lowest BCUT2D eigenvalue weighted by molar-refractivity contribution is -0.118. The molecular weight excluding hydrogens is 300 g/mol. The van der Waals surface area contributed by atoms with Gasteiger partial charge in [-0.05, 0) is 30.5 Å². The minimum Gasteiger partial charge on any atom is -0.356 e. The van der Waals surface area contributed by atoms with Crippen molar-refractivity contribution in [3.05, 3.63) is 34.9 Å². The van der Waals surface area contributed by atoms with E-state index in [2.05, 4.69) is 10.0 Å². The molecule has 1 rings (SSSR count). The lowest BCUT2D eigenvalue weighted by Crippen LogP contribution is -2.27. The van der Waals surface area contributed by atoms with Gasteiger partial charge in [-0.3, -0.25) is 4.79 Å². The summed E-state index contributed by atoms with van der Waals surface area (Å²) in [4.78, 5) is 10.6. The van der Waals surface area contributed by atoms with E-state index < -0.39 is 10.0 Å². The maximum Gasteiger partial charge on any atom is 0.216 e. The van der Waals surface area contributed by atoms with Gasteiger partial charge < -0.3 is 5.32 Å². The summed E-state index contributed by atoms with van der Waals surface area (Å²) >= 11 is 5.74. The van der Waals surface area contributed by atoms with Gasteiger partial charge in [0.15, 0.2) is 0 Å². The highest BCUT2D eigenvalue weighted by atomic mass is 35.5. The predicted molar refractivity (Wildman–Crippen MR) is 80.0 cm³/mol. The fourth-order valence-corrected chi connectivity index (χ4v) is 2.91. The number of unbranched alkanes of at least 4 members (excludes halogenated alkanes) is 1. The van der Waals surface area contributed by atoms with Gasteiger partial charge in [0.1, 0.15) is 0 Å². The molecule has 0 bridgehead atoms. The Hall–Kier alpha value is -1.11. The molecule has 0 fully saturated rings. The number of amides is 1. The average Bonchev–Trinajstić information content (AvgIpc) is 2.36. The van der Waals surface area contributed by atoms with Crippen molar-refractivity contribution < 1.29 is 13.2 Å². The predicted octanol–water partition coefficient (Wildman–Crippen LogP) is 1.68. The fraction of sp³-hybridized carbons (Fsp3) is 0.462. The first-order valence-corrected chi connectivity index (χ1v) is 8.38. The van der Waals surface area contributed by atoms with Crippen LogP contribution in [-0.4, -0.2) is 27.4 Å². The van der Waals surface area contributed by atoms with Crippen molar-refractivity contribution in [3.8, 4) is 0 Å². The number of sulfonamides is 1. The molecule has 0 saturated heterocycles. The lowest BCUT2D eigenvalue weighted by atomic mass is 10.2. The zero-order valence-electron chi connectivity index (χ0n) is 11.4. The maximum absolute atomic E-state index is 11.8. The van der Waals surface area contributed by atoms with E-state index in [9.17, 15) is 13.2 Å². The summed E-state index contributed by atoms with van der Waals surface area (Å²) in [6.07, 6.45) is 1.42. The molecule has 0 atom stereocenters. The Morgan fingerprint density at radius 2 is 1.75 bits per heavy atom. The number of carbonyl (C=O) groups excluding carboxylic acids is 1. The standard InChI is InChI=1S/C13H19ClN2O3S/c1-11(17)15-8-2-3-9-16-20(18,19)10-12-4-6-13(14)7-5-12/h4-7,16H,2-3,8-10H2,1H3,(H,15,17). The molecule has 7 heteroatoms. The molecule has 0 radical (unpaired) electrons. The SMILES string of the molecule is CC(=O)NCCCCNS(=O)(=O)Cc1ccc(Cl)cc1. The molecule has 1 aromatic rings. The van der Waals surface area contributed by atoms with Crippen LogP contribution >= 0.6 is 11.6 Å². The van der Waals surface area contributed by atoms with Crippen molar-refractivity contribution in [2.45, 2.75) is 25.5 Å². The van der Waals surface area contributed by atoms with Gasteiger partial charge >= 0.3 is 0 Å². The minimum atomic E-state index is -3.33. The topological polar surface area (TPSA) is 75.3 Å². The van der Waals surface area contributed by atoms with Gasteiger partial charge in [-0.2, -0.15) is 0 Å². The van der Waals surface area contributed by atoms with Gasteiger partial charge in [-0.25, -0.2) is 13.1 Å². The largest absolute Gasteiger partial charge is 0.356 e. The first-order chi connectivity index (χ1) is 9.39. The van der Waals surface area contributed by atoms with Crippen LogP contribution in [0.15, 0.2) is 24.3 Å². The highest BCUT2D eigenvalue weighted by Gasteiger charge is 2.10. The zero-order valence-corrected chi connectivity index (χ0v) is 12.9. The van der Waals surface area contributed by atoms with Crippen LogP contribution in [0.1, 0.15) is 25.3 Å². The second kappa shape index (κ2) is 8.24. The van der Waals surface area contributed by atoms with E-state index in [1.54, 1.807) is 24.3 Å². The number of benzene rings is 1. The van der Waals surface area contributed by atoms with Crippen molar-refractivity contribution in [1.82, 2.24) is 10.0 Å². The van der Waals surface area contributed by atoms with E-state index >= 15 is 0 Å². The van der Waals surface area contributed by atoms with E-state index in [4.69, 9.17) is 11.6 Å². The Balaban J connectivity index is 2.28. The van der Waals surface area contributed by atoms with E-state index in [-0.39, 0.29) is 11.7 Å². The number of hydrogen-bond donors (Lipinski definition) is 2. The molecule has 0 aliphatic heterocycles. The van der Waals surface area contributed by atoms with Gasteiger partial charge in [-0.1, -0.05) is 23.7 Å². The van der Waals surface area contributed by atoms with E-state index in [0.29, 0.717) is 30.1 Å². The monoisotopic (exact) mass is 318 g/mol. The quantitative estimate of drug-likeness (QED) is 0.716. The molecule has 0 aliphatic carbocycles. The van der Waals surface area contributed by atoms with Crippen LogP contribution in [0.3, 0.4) is 0 Å². The van der Waals surface area contributed by atoms with Gasteiger partial charge in [-0.15, -0.1) is 0 Å². The summed E-state index contributed by atoms with van der Waals surface area (Å²) in [5, 5.41) is 3.24. The van der Waals surface area contributed by atoms with Crippen LogP contribution in [0.5, 0.6) is 0 Å². The Bertz CT molecular complexity index is 529. The first-order valence-electron chi connectivity index (χ1n) is 6.35. The number of halogens is 1. The lowest BCUT2D eigenvalue weighted by Gasteiger charge is -2.07. The number of carbonyl (C=O) groups is 1. The number of rotatable bonds is 8. The van der Waals surface area contributed by atoms with Crippen molar-refractivity contribution in [3.63, 3.8) is 0 Å². The Labute approximate surface area is 124 Å². The third-order valence-corrected chi connectivity index (χ3v) is 4.18. The smallest absolute Gasteiger partial charge is 0.216 e. The van der Waals surface area contributed by atoms with Crippen molar-refractivity contribution in [2.24, 2.45) is 0 Å². The molecule has 0 aromatic heterocycles. The maximum atomic E-state index is 11.8. The fourth-order valence-electron chi connectivity index (χ4n) is 1.59. The molecule has 2 N–H and O–H groups in total. The third-order valence-electron chi connectivity index (χ3n) is 2.57. The summed E-state index contributed by atoms with van der Waals surface area (Å²) in [6, 6.07) is 6.72. The molecule has 0 unspecified atom stereocenters. The first kappa shape index (κ1) is 16.9. The summed E-state index contributed by atoms with van der Waals surface area (Å²) in [5.41, 5.74) is 0.695. The van der Waals surface area contributed by atoms with Crippen LogP contribution in [-0.2, 0) is 20.6 Å². The van der Waals surface area contributed by atoms with Gasteiger partial charge in [0.25, 0.3) is 0 Å². The number of hydrogen-bond acceptors (Lipinski definition) is 3. The van der Waals surface area contributed by atoms with E-state index in [0.717, 1.165) is 6.42 Å². The van der Waals surface area contributed by atoms with Gasteiger partial charge in [0.05, 0.1) is 5.75 Å². The van der Waals surface area contributed by atoms with Gasteiger partial charge in [0, 0.05) is 25.0 Å². The molecule has 0 aliphatic rings. The molecule has 112 valence electrons. The third kappa shape index (κ3) is 7.47. The normalized spacial score (nSPS) is 11.3. The van der Waals surface area contributed by atoms with Crippen LogP contribution < -0.4 is 10.0 Å². The second-order valence-corrected chi connectivity index (χ2v) is 6.71. The summed E-state index contributed by atoms with van der Waals surface area (Å²) in [6.45, 7) is 2.39. The highest BCUT2D eigenvalue weighted by Crippen LogP contribution is 2.11.